The second-order valence-corrected chi connectivity index (χ2v) is 4.39. The molecule has 0 unspecified atom stereocenters. The fourth-order valence-electron chi connectivity index (χ4n) is 1.17. The Bertz CT molecular complexity index is 342. The molecule has 1 rings (SSSR count). The van der Waals surface area contributed by atoms with Crippen molar-refractivity contribution in [2.75, 3.05) is 0 Å². The van der Waals surface area contributed by atoms with Crippen LogP contribution in [0.25, 0.3) is 4.85 Å². The van der Waals surface area contributed by atoms with Crippen LogP contribution in [0, 0.1) is 12.5 Å². The molecule has 0 saturated carbocycles. The summed E-state index contributed by atoms with van der Waals surface area (Å²) in [6.45, 7) is 15.6. The summed E-state index contributed by atoms with van der Waals surface area (Å²) in [5, 5.41) is 0. The van der Waals surface area contributed by atoms with Crippen molar-refractivity contribution < 1.29 is 0 Å². The lowest BCUT2D eigenvalue weighted by molar-refractivity contribution is 0.371. The second kappa shape index (κ2) is 3.79. The van der Waals surface area contributed by atoms with Gasteiger partial charge < -0.3 is 4.85 Å². The summed E-state index contributed by atoms with van der Waals surface area (Å²) in [6, 6.07) is 3.78. The van der Waals surface area contributed by atoms with E-state index in [1.165, 1.54) is 5.56 Å². The summed E-state index contributed by atoms with van der Waals surface area (Å²) >= 11 is 0. The Hall–Kier alpha value is -1.36. The van der Waals surface area contributed by atoms with E-state index in [9.17, 15) is 0 Å². The summed E-state index contributed by atoms with van der Waals surface area (Å²) in [6.07, 6.45) is 1.81. The standard InChI is InChI=1S/C12H16N2/c1-9(2)12(3,4)10-6-7-11(13-5)14-8-10/h6-9H,1-4H3. The lowest BCUT2D eigenvalue weighted by Crippen LogP contribution is -2.24. The van der Waals surface area contributed by atoms with E-state index in [1.807, 2.05) is 12.3 Å². The number of hydrogen-bond acceptors (Lipinski definition) is 1. The zero-order valence-electron chi connectivity index (χ0n) is 9.20. The minimum absolute atomic E-state index is 0.119. The van der Waals surface area contributed by atoms with Crippen LogP contribution in [0.4, 0.5) is 5.82 Å². The highest BCUT2D eigenvalue weighted by Crippen LogP contribution is 2.31. The lowest BCUT2D eigenvalue weighted by atomic mass is 9.76. The van der Waals surface area contributed by atoms with Crippen LogP contribution in [0.2, 0.25) is 0 Å². The topological polar surface area (TPSA) is 17.2 Å². The first-order valence-electron chi connectivity index (χ1n) is 4.82. The van der Waals surface area contributed by atoms with E-state index in [-0.39, 0.29) is 5.41 Å². The van der Waals surface area contributed by atoms with E-state index >= 15 is 0 Å². The molecule has 2 nitrogen and oxygen atoms in total. The molecule has 1 aromatic heterocycles. The maximum absolute atomic E-state index is 6.82. The molecule has 0 aliphatic rings. The molecule has 0 saturated heterocycles. The summed E-state index contributed by atoms with van der Waals surface area (Å²) in [7, 11) is 0. The van der Waals surface area contributed by atoms with Crippen molar-refractivity contribution in [1.29, 1.82) is 0 Å². The normalized spacial score (nSPS) is 11.4. The van der Waals surface area contributed by atoms with Gasteiger partial charge in [0.05, 0.1) is 0 Å². The van der Waals surface area contributed by atoms with Gasteiger partial charge in [-0.05, 0) is 23.0 Å². The minimum atomic E-state index is 0.119. The van der Waals surface area contributed by atoms with Gasteiger partial charge in [-0.15, -0.1) is 4.98 Å². The van der Waals surface area contributed by atoms with Crippen LogP contribution < -0.4 is 0 Å². The van der Waals surface area contributed by atoms with Gasteiger partial charge in [-0.1, -0.05) is 40.3 Å². The van der Waals surface area contributed by atoms with E-state index in [0.29, 0.717) is 11.7 Å². The van der Waals surface area contributed by atoms with Crippen molar-refractivity contribution in [2.45, 2.75) is 33.1 Å². The zero-order chi connectivity index (χ0) is 10.8. The fourth-order valence-corrected chi connectivity index (χ4v) is 1.17. The summed E-state index contributed by atoms with van der Waals surface area (Å²) in [5.41, 5.74) is 1.31. The number of hydrogen-bond donors (Lipinski definition) is 0. The highest BCUT2D eigenvalue weighted by atomic mass is 14.9. The van der Waals surface area contributed by atoms with E-state index in [2.05, 4.69) is 37.5 Å². The van der Waals surface area contributed by atoms with Crippen LogP contribution in [0.1, 0.15) is 33.3 Å². The number of pyridine rings is 1. The average molecular weight is 188 g/mol. The number of aromatic nitrogens is 1. The molecular formula is C12H16N2. The molecule has 2 heteroatoms. The van der Waals surface area contributed by atoms with Crippen molar-refractivity contribution in [3.63, 3.8) is 0 Å². The van der Waals surface area contributed by atoms with Gasteiger partial charge in [0.15, 0.2) is 0 Å². The number of rotatable bonds is 2. The first-order chi connectivity index (χ1) is 6.48. The van der Waals surface area contributed by atoms with Crippen LogP contribution in [-0.2, 0) is 5.41 Å². The van der Waals surface area contributed by atoms with Crippen molar-refractivity contribution in [3.8, 4) is 0 Å². The van der Waals surface area contributed by atoms with Crippen LogP contribution in [0.3, 0.4) is 0 Å². The third kappa shape index (κ3) is 1.93. The predicted molar refractivity (Wildman–Crippen MR) is 58.4 cm³/mol. The Morgan fingerprint density at radius 2 is 2.00 bits per heavy atom. The quantitative estimate of drug-likeness (QED) is 0.648. The molecule has 0 fully saturated rings. The second-order valence-electron chi connectivity index (χ2n) is 4.39. The fraction of sp³-hybridized carbons (Fsp3) is 0.500. The Balaban J connectivity index is 3.04. The van der Waals surface area contributed by atoms with E-state index in [4.69, 9.17) is 6.57 Å². The van der Waals surface area contributed by atoms with Crippen molar-refractivity contribution in [2.24, 2.45) is 5.92 Å². The van der Waals surface area contributed by atoms with Gasteiger partial charge in [-0.25, -0.2) is 0 Å². The van der Waals surface area contributed by atoms with Crippen molar-refractivity contribution >= 4 is 5.82 Å². The lowest BCUT2D eigenvalue weighted by Gasteiger charge is -2.28. The van der Waals surface area contributed by atoms with Gasteiger partial charge in [-0.2, -0.15) is 0 Å². The average Bonchev–Trinajstić information content (AvgIpc) is 2.17. The van der Waals surface area contributed by atoms with E-state index in [0.717, 1.165) is 0 Å². The molecule has 0 aliphatic carbocycles. The SMILES string of the molecule is [C-]#[N+]c1ccc(C(C)(C)C(C)C)cn1. The van der Waals surface area contributed by atoms with E-state index in [1.54, 1.807) is 6.07 Å². The van der Waals surface area contributed by atoms with Gasteiger partial charge in [0.25, 0.3) is 5.82 Å². The Kier molecular flexibility index (Phi) is 2.90. The van der Waals surface area contributed by atoms with E-state index < -0.39 is 0 Å². The van der Waals surface area contributed by atoms with Gasteiger partial charge >= 0.3 is 0 Å². The summed E-state index contributed by atoms with van der Waals surface area (Å²) in [4.78, 5) is 7.37. The molecule has 0 bridgehead atoms. The van der Waals surface area contributed by atoms with Gasteiger partial charge in [0.1, 0.15) is 6.20 Å². The third-order valence-corrected chi connectivity index (χ3v) is 3.05. The van der Waals surface area contributed by atoms with Crippen molar-refractivity contribution in [1.82, 2.24) is 4.98 Å². The number of nitrogens with zero attached hydrogens (tertiary/aromatic N) is 2. The Morgan fingerprint density at radius 1 is 1.36 bits per heavy atom. The van der Waals surface area contributed by atoms with Crippen LogP contribution in [0.5, 0.6) is 0 Å². The first kappa shape index (κ1) is 10.7. The van der Waals surface area contributed by atoms with Crippen LogP contribution in [-0.4, -0.2) is 4.98 Å². The molecule has 1 aromatic rings. The maximum atomic E-state index is 6.82. The predicted octanol–water partition coefficient (Wildman–Crippen LogP) is 3.57. The molecule has 0 aromatic carbocycles. The monoisotopic (exact) mass is 188 g/mol. The maximum Gasteiger partial charge on any atom is 0.269 e. The third-order valence-electron chi connectivity index (χ3n) is 3.05. The molecular weight excluding hydrogens is 172 g/mol. The van der Waals surface area contributed by atoms with Gasteiger partial charge in [0, 0.05) is 0 Å². The van der Waals surface area contributed by atoms with Crippen LogP contribution >= 0.6 is 0 Å². The van der Waals surface area contributed by atoms with Crippen LogP contribution in [0.15, 0.2) is 18.3 Å². The highest BCUT2D eigenvalue weighted by molar-refractivity contribution is 5.37. The van der Waals surface area contributed by atoms with Crippen molar-refractivity contribution in [3.05, 3.63) is 35.3 Å². The molecule has 74 valence electrons. The minimum Gasteiger partial charge on any atom is -0.361 e. The van der Waals surface area contributed by atoms with Gasteiger partial charge in [0.2, 0.25) is 0 Å². The molecule has 0 spiro atoms. The summed E-state index contributed by atoms with van der Waals surface area (Å²) in [5.74, 6) is 1.02. The smallest absolute Gasteiger partial charge is 0.269 e. The first-order valence-corrected chi connectivity index (χ1v) is 4.82. The highest BCUT2D eigenvalue weighted by Gasteiger charge is 2.25. The Labute approximate surface area is 85.8 Å². The zero-order valence-corrected chi connectivity index (χ0v) is 9.20. The summed E-state index contributed by atoms with van der Waals surface area (Å²) < 4.78 is 0. The molecule has 0 atom stereocenters. The molecule has 0 aliphatic heterocycles. The van der Waals surface area contributed by atoms with Gasteiger partial charge in [-0.3, -0.25) is 0 Å². The molecule has 0 N–H and O–H groups in total. The Morgan fingerprint density at radius 3 is 2.36 bits per heavy atom. The molecule has 1 heterocycles. The molecule has 0 amide bonds. The molecule has 0 radical (unpaired) electrons. The largest absolute Gasteiger partial charge is 0.361 e. The molecule has 14 heavy (non-hydrogen) atoms.